The minimum Gasteiger partial charge on any atom is -0.353 e. The van der Waals surface area contributed by atoms with Crippen LogP contribution >= 0.6 is 0 Å². The van der Waals surface area contributed by atoms with Crippen LogP contribution in [0.2, 0.25) is 0 Å². The molecule has 94 valence electrons. The first-order chi connectivity index (χ1) is 7.57. The molecule has 0 bridgehead atoms. The highest BCUT2D eigenvalue weighted by atomic mass is 16.2. The van der Waals surface area contributed by atoms with Crippen molar-refractivity contribution >= 4 is 5.91 Å². The molecule has 3 N–H and O–H groups in total. The Balaban J connectivity index is 2.50. The Kier molecular flexibility index (Phi) is 4.78. The van der Waals surface area contributed by atoms with Gasteiger partial charge < -0.3 is 11.1 Å². The summed E-state index contributed by atoms with van der Waals surface area (Å²) in [5.74, 6) is 0.842. The summed E-state index contributed by atoms with van der Waals surface area (Å²) in [5.41, 5.74) is 5.51. The highest BCUT2D eigenvalue weighted by molar-refractivity contribution is 5.84. The number of hydrogen-bond acceptors (Lipinski definition) is 2. The van der Waals surface area contributed by atoms with E-state index in [-0.39, 0.29) is 11.3 Å². The monoisotopic (exact) mass is 226 g/mol. The highest BCUT2D eigenvalue weighted by Crippen LogP contribution is 2.44. The maximum Gasteiger partial charge on any atom is 0.227 e. The Bertz CT molecular complexity index is 234. The summed E-state index contributed by atoms with van der Waals surface area (Å²) >= 11 is 0. The first kappa shape index (κ1) is 13.5. The Hall–Kier alpha value is -0.570. The quantitative estimate of drug-likeness (QED) is 0.728. The van der Waals surface area contributed by atoms with Gasteiger partial charge in [-0.15, -0.1) is 0 Å². The van der Waals surface area contributed by atoms with Gasteiger partial charge in [0, 0.05) is 12.6 Å². The third-order valence-corrected chi connectivity index (χ3v) is 3.82. The molecule has 1 aliphatic carbocycles. The summed E-state index contributed by atoms with van der Waals surface area (Å²) in [5, 5.41) is 3.16. The predicted octanol–water partition coefficient (Wildman–Crippen LogP) is 2.06. The Morgan fingerprint density at radius 1 is 1.50 bits per heavy atom. The zero-order chi connectivity index (χ0) is 12.2. The van der Waals surface area contributed by atoms with Gasteiger partial charge in [-0.1, -0.05) is 27.2 Å². The van der Waals surface area contributed by atoms with Crippen molar-refractivity contribution < 1.29 is 4.79 Å². The van der Waals surface area contributed by atoms with Crippen LogP contribution in [-0.4, -0.2) is 18.5 Å². The van der Waals surface area contributed by atoms with E-state index < -0.39 is 0 Å². The topological polar surface area (TPSA) is 55.1 Å². The van der Waals surface area contributed by atoms with Gasteiger partial charge in [0.05, 0.1) is 5.41 Å². The van der Waals surface area contributed by atoms with Gasteiger partial charge in [0.1, 0.15) is 0 Å². The molecule has 1 unspecified atom stereocenters. The van der Waals surface area contributed by atoms with Gasteiger partial charge in [-0.2, -0.15) is 0 Å². The molecule has 1 fully saturated rings. The van der Waals surface area contributed by atoms with E-state index in [4.69, 9.17) is 5.73 Å². The van der Waals surface area contributed by atoms with Gasteiger partial charge in [0.25, 0.3) is 0 Å². The van der Waals surface area contributed by atoms with Crippen LogP contribution in [0.5, 0.6) is 0 Å². The smallest absolute Gasteiger partial charge is 0.227 e. The fourth-order valence-corrected chi connectivity index (χ4v) is 2.78. The molecule has 0 aromatic carbocycles. The van der Waals surface area contributed by atoms with E-state index >= 15 is 0 Å². The summed E-state index contributed by atoms with van der Waals surface area (Å²) < 4.78 is 0. The maximum absolute atomic E-state index is 12.2. The zero-order valence-electron chi connectivity index (χ0n) is 10.9. The van der Waals surface area contributed by atoms with Crippen LogP contribution in [0.3, 0.4) is 0 Å². The zero-order valence-corrected chi connectivity index (χ0v) is 10.9. The molecule has 0 spiro atoms. The second-order valence-corrected chi connectivity index (χ2v) is 5.37. The van der Waals surface area contributed by atoms with Crippen LogP contribution in [0.25, 0.3) is 0 Å². The van der Waals surface area contributed by atoms with Crippen molar-refractivity contribution in [3.05, 3.63) is 0 Å². The molecular weight excluding hydrogens is 200 g/mol. The molecule has 0 heterocycles. The van der Waals surface area contributed by atoms with Crippen molar-refractivity contribution in [2.45, 2.75) is 58.9 Å². The van der Waals surface area contributed by atoms with Gasteiger partial charge in [-0.25, -0.2) is 0 Å². The lowest BCUT2D eigenvalue weighted by Crippen LogP contribution is -2.55. The average molecular weight is 226 g/mol. The normalized spacial score (nSPS) is 30.6. The molecule has 0 aromatic heterocycles. The molecule has 16 heavy (non-hydrogen) atoms. The average Bonchev–Trinajstić information content (AvgIpc) is 2.23. The minimum atomic E-state index is -0.249. The lowest BCUT2D eigenvalue weighted by molar-refractivity contribution is -0.138. The summed E-state index contributed by atoms with van der Waals surface area (Å²) in [6.45, 7) is 6.95. The first-order valence-corrected chi connectivity index (χ1v) is 6.59. The molecule has 1 atom stereocenters. The van der Waals surface area contributed by atoms with E-state index in [1.165, 1.54) is 0 Å². The maximum atomic E-state index is 12.2. The van der Waals surface area contributed by atoms with Crippen LogP contribution < -0.4 is 11.1 Å². The summed E-state index contributed by atoms with van der Waals surface area (Å²) in [6.07, 6.45) is 5.11. The molecule has 3 heteroatoms. The van der Waals surface area contributed by atoms with Crippen molar-refractivity contribution in [3.63, 3.8) is 0 Å². The number of nitrogens with one attached hydrogen (secondary N) is 1. The van der Waals surface area contributed by atoms with Gasteiger partial charge in [0.2, 0.25) is 5.91 Å². The molecule has 0 aromatic rings. The third-order valence-electron chi connectivity index (χ3n) is 3.82. The van der Waals surface area contributed by atoms with Crippen LogP contribution in [0.15, 0.2) is 0 Å². The van der Waals surface area contributed by atoms with Gasteiger partial charge in [-0.3, -0.25) is 4.79 Å². The Morgan fingerprint density at radius 3 is 2.50 bits per heavy atom. The van der Waals surface area contributed by atoms with E-state index in [0.29, 0.717) is 18.5 Å². The lowest BCUT2D eigenvalue weighted by Gasteiger charge is -2.44. The fraction of sp³-hybridized carbons (Fsp3) is 0.923. The van der Waals surface area contributed by atoms with E-state index in [2.05, 4.69) is 26.1 Å². The number of hydrogen-bond donors (Lipinski definition) is 2. The standard InChI is InChI=1S/C13H26N2O/c1-4-6-11(5-2)15-12(16)13(9-14)7-10(3)8-13/h10-11H,4-9,14H2,1-3H3,(H,15,16). The van der Waals surface area contributed by atoms with Crippen molar-refractivity contribution in [1.82, 2.24) is 5.32 Å². The number of rotatable bonds is 6. The summed E-state index contributed by atoms with van der Waals surface area (Å²) in [4.78, 5) is 12.2. The summed E-state index contributed by atoms with van der Waals surface area (Å²) in [7, 11) is 0. The SMILES string of the molecule is CCCC(CC)NC(=O)C1(CN)CC(C)C1. The highest BCUT2D eigenvalue weighted by Gasteiger charge is 2.47. The van der Waals surface area contributed by atoms with Gasteiger partial charge in [0.15, 0.2) is 0 Å². The number of amides is 1. The van der Waals surface area contributed by atoms with Gasteiger partial charge in [-0.05, 0) is 31.6 Å². The predicted molar refractivity (Wildman–Crippen MR) is 67.0 cm³/mol. The third kappa shape index (κ3) is 2.76. The van der Waals surface area contributed by atoms with E-state index in [1.807, 2.05) is 0 Å². The number of carbonyl (C=O) groups is 1. The van der Waals surface area contributed by atoms with Crippen molar-refractivity contribution in [2.75, 3.05) is 6.54 Å². The Morgan fingerprint density at radius 2 is 2.12 bits per heavy atom. The first-order valence-electron chi connectivity index (χ1n) is 6.59. The molecule has 0 aliphatic heterocycles. The van der Waals surface area contributed by atoms with E-state index in [9.17, 15) is 4.79 Å². The van der Waals surface area contributed by atoms with Crippen LogP contribution in [0.1, 0.15) is 52.9 Å². The second kappa shape index (κ2) is 5.67. The fourth-order valence-electron chi connectivity index (χ4n) is 2.78. The second-order valence-electron chi connectivity index (χ2n) is 5.37. The Labute approximate surface area is 99.2 Å². The molecule has 0 saturated heterocycles. The largest absolute Gasteiger partial charge is 0.353 e. The number of carbonyl (C=O) groups excluding carboxylic acids is 1. The van der Waals surface area contributed by atoms with Crippen molar-refractivity contribution in [2.24, 2.45) is 17.1 Å². The summed E-state index contributed by atoms with van der Waals surface area (Å²) in [6, 6.07) is 0.330. The van der Waals surface area contributed by atoms with Crippen LogP contribution in [0, 0.1) is 11.3 Å². The molecular formula is C13H26N2O. The molecule has 1 saturated carbocycles. The van der Waals surface area contributed by atoms with Gasteiger partial charge >= 0.3 is 0 Å². The van der Waals surface area contributed by atoms with E-state index in [1.54, 1.807) is 0 Å². The molecule has 1 rings (SSSR count). The number of nitrogens with two attached hydrogens (primary N) is 1. The van der Waals surface area contributed by atoms with Crippen LogP contribution in [0.4, 0.5) is 0 Å². The van der Waals surface area contributed by atoms with E-state index in [0.717, 1.165) is 32.1 Å². The van der Waals surface area contributed by atoms with Crippen molar-refractivity contribution in [3.8, 4) is 0 Å². The van der Waals surface area contributed by atoms with Crippen LogP contribution in [-0.2, 0) is 4.79 Å². The lowest BCUT2D eigenvalue weighted by atomic mass is 9.62. The molecule has 3 nitrogen and oxygen atoms in total. The molecule has 0 radical (unpaired) electrons. The van der Waals surface area contributed by atoms with Crippen molar-refractivity contribution in [1.29, 1.82) is 0 Å². The molecule has 1 aliphatic rings. The molecule has 1 amide bonds. The minimum absolute atomic E-state index is 0.188.